The largest absolute Gasteiger partial charge is 0.469 e. The highest BCUT2D eigenvalue weighted by Crippen LogP contribution is 2.17. The van der Waals surface area contributed by atoms with Crippen molar-refractivity contribution >= 4 is 27.8 Å². The Kier molecular flexibility index (Phi) is 6.21. The maximum atomic E-state index is 11.8. The van der Waals surface area contributed by atoms with Crippen LogP contribution in [0.15, 0.2) is 28.7 Å². The Morgan fingerprint density at radius 2 is 2.04 bits per heavy atom. The van der Waals surface area contributed by atoms with Crippen LogP contribution in [0, 0.1) is 0 Å². The number of amides is 1. The number of carbonyl (C=O) groups excluding carboxylic acids is 2. The van der Waals surface area contributed by atoms with Crippen molar-refractivity contribution < 1.29 is 14.3 Å². The third-order valence-corrected chi connectivity index (χ3v) is 3.48. The van der Waals surface area contributed by atoms with E-state index in [9.17, 15) is 9.59 Å². The van der Waals surface area contributed by atoms with E-state index >= 15 is 0 Å². The molecule has 23 heavy (non-hydrogen) atoms. The molecule has 1 aromatic carbocycles. The first kappa shape index (κ1) is 17.1. The van der Waals surface area contributed by atoms with Crippen molar-refractivity contribution in [3.63, 3.8) is 0 Å². The van der Waals surface area contributed by atoms with Crippen LogP contribution in [0.2, 0.25) is 0 Å². The van der Waals surface area contributed by atoms with Gasteiger partial charge in [-0.05, 0) is 35.9 Å². The Morgan fingerprint density at radius 3 is 2.74 bits per heavy atom. The molecule has 0 spiro atoms. The van der Waals surface area contributed by atoms with Gasteiger partial charge in [-0.3, -0.25) is 9.59 Å². The Morgan fingerprint density at radius 1 is 1.30 bits per heavy atom. The van der Waals surface area contributed by atoms with Gasteiger partial charge in [0.2, 0.25) is 11.7 Å². The summed E-state index contributed by atoms with van der Waals surface area (Å²) in [5.41, 5.74) is 0.818. The number of halogens is 1. The zero-order valence-corrected chi connectivity index (χ0v) is 14.1. The van der Waals surface area contributed by atoms with Crippen molar-refractivity contribution in [3.8, 4) is 11.4 Å². The summed E-state index contributed by atoms with van der Waals surface area (Å²) in [5, 5.41) is 14.6. The molecule has 0 aliphatic carbocycles. The second-order valence-corrected chi connectivity index (χ2v) is 5.60. The summed E-state index contributed by atoms with van der Waals surface area (Å²) >= 11 is 3.36. The number of ether oxygens (including phenoxy) is 1. The number of carbonyl (C=O) groups is 2. The van der Waals surface area contributed by atoms with E-state index in [0.29, 0.717) is 18.8 Å². The van der Waals surface area contributed by atoms with Gasteiger partial charge in [0.05, 0.1) is 7.11 Å². The summed E-state index contributed by atoms with van der Waals surface area (Å²) in [6, 6.07) is 7.48. The van der Waals surface area contributed by atoms with Gasteiger partial charge in [0.15, 0.2) is 0 Å². The molecule has 9 heteroatoms. The zero-order chi connectivity index (χ0) is 16.7. The van der Waals surface area contributed by atoms with Crippen molar-refractivity contribution in [1.29, 1.82) is 0 Å². The minimum Gasteiger partial charge on any atom is -0.469 e. The molecule has 1 heterocycles. The fourth-order valence-corrected chi connectivity index (χ4v) is 2.04. The number of benzene rings is 1. The molecule has 0 fully saturated rings. The smallest absolute Gasteiger partial charge is 0.305 e. The molecule has 0 aliphatic heterocycles. The van der Waals surface area contributed by atoms with Crippen LogP contribution in [0.25, 0.3) is 11.4 Å². The highest BCUT2D eigenvalue weighted by molar-refractivity contribution is 9.10. The lowest BCUT2D eigenvalue weighted by atomic mass is 10.2. The van der Waals surface area contributed by atoms with Gasteiger partial charge in [0.25, 0.3) is 0 Å². The average Bonchev–Trinajstić information content (AvgIpc) is 3.00. The van der Waals surface area contributed by atoms with Crippen LogP contribution in [0.3, 0.4) is 0 Å². The minimum absolute atomic E-state index is 0.0260. The number of nitrogens with zero attached hydrogens (tertiary/aromatic N) is 4. The highest BCUT2D eigenvalue weighted by atomic mass is 79.9. The van der Waals surface area contributed by atoms with Gasteiger partial charge in [0, 0.05) is 23.0 Å². The van der Waals surface area contributed by atoms with Gasteiger partial charge in [0.1, 0.15) is 6.54 Å². The highest BCUT2D eigenvalue weighted by Gasteiger charge is 2.09. The molecule has 0 radical (unpaired) electrons. The van der Waals surface area contributed by atoms with E-state index in [0.717, 1.165) is 10.0 Å². The molecule has 2 aromatic rings. The van der Waals surface area contributed by atoms with Crippen molar-refractivity contribution in [2.75, 3.05) is 13.7 Å². The van der Waals surface area contributed by atoms with E-state index in [1.165, 1.54) is 11.9 Å². The number of rotatable bonds is 7. The summed E-state index contributed by atoms with van der Waals surface area (Å²) in [6.07, 6.45) is 0.791. The first-order valence-electron chi connectivity index (χ1n) is 6.96. The Labute approximate surface area is 141 Å². The van der Waals surface area contributed by atoms with E-state index in [2.05, 4.69) is 41.4 Å². The van der Waals surface area contributed by atoms with Gasteiger partial charge in [-0.15, -0.1) is 10.2 Å². The second kappa shape index (κ2) is 8.37. The van der Waals surface area contributed by atoms with Crippen LogP contribution >= 0.6 is 15.9 Å². The molecule has 0 aliphatic rings. The summed E-state index contributed by atoms with van der Waals surface area (Å²) in [7, 11) is 1.33. The maximum absolute atomic E-state index is 11.8. The number of aromatic nitrogens is 4. The fourth-order valence-electron chi connectivity index (χ4n) is 1.77. The number of nitrogens with one attached hydrogen (secondary N) is 1. The standard InChI is InChI=1S/C14H16BrN5O3/c1-23-13(22)3-2-8-16-12(21)9-20-18-14(17-19-20)10-4-6-11(15)7-5-10/h4-7H,2-3,8-9H2,1H3,(H,16,21). The lowest BCUT2D eigenvalue weighted by Gasteiger charge is -2.03. The average molecular weight is 382 g/mol. The molecule has 1 N–H and O–H groups in total. The van der Waals surface area contributed by atoms with Gasteiger partial charge in [-0.2, -0.15) is 4.80 Å². The van der Waals surface area contributed by atoms with Gasteiger partial charge >= 0.3 is 5.97 Å². The Balaban J connectivity index is 1.81. The third-order valence-electron chi connectivity index (χ3n) is 2.95. The first-order chi connectivity index (χ1) is 11.1. The van der Waals surface area contributed by atoms with Crippen molar-refractivity contribution in [2.24, 2.45) is 0 Å². The van der Waals surface area contributed by atoms with E-state index in [1.807, 2.05) is 24.3 Å². The normalized spacial score (nSPS) is 10.3. The van der Waals surface area contributed by atoms with Crippen molar-refractivity contribution in [3.05, 3.63) is 28.7 Å². The monoisotopic (exact) mass is 381 g/mol. The second-order valence-electron chi connectivity index (χ2n) is 4.68. The summed E-state index contributed by atoms with van der Waals surface area (Å²) in [6.45, 7) is 0.365. The third kappa shape index (κ3) is 5.44. The Bertz CT molecular complexity index is 671. The number of methoxy groups -OCH3 is 1. The van der Waals surface area contributed by atoms with Gasteiger partial charge < -0.3 is 10.1 Å². The molecule has 1 amide bonds. The van der Waals surface area contributed by atoms with Gasteiger partial charge in [-0.25, -0.2) is 0 Å². The zero-order valence-electron chi connectivity index (χ0n) is 12.5. The predicted octanol–water partition coefficient (Wildman–Crippen LogP) is 1.17. The summed E-state index contributed by atoms with van der Waals surface area (Å²) < 4.78 is 5.48. The lowest BCUT2D eigenvalue weighted by Crippen LogP contribution is -2.29. The van der Waals surface area contributed by atoms with Crippen LogP contribution < -0.4 is 5.32 Å². The van der Waals surface area contributed by atoms with Crippen LogP contribution in [0.5, 0.6) is 0 Å². The number of hydrogen-bond donors (Lipinski definition) is 1. The molecule has 0 unspecified atom stereocenters. The van der Waals surface area contributed by atoms with E-state index in [-0.39, 0.29) is 24.8 Å². The Hall–Kier alpha value is -2.29. The molecule has 122 valence electrons. The molecule has 0 bridgehead atoms. The summed E-state index contributed by atoms with van der Waals surface area (Å²) in [4.78, 5) is 23.9. The molecular weight excluding hydrogens is 366 g/mol. The number of esters is 1. The molecule has 0 atom stereocenters. The molecule has 0 saturated carbocycles. The van der Waals surface area contributed by atoms with Crippen LogP contribution in [0.4, 0.5) is 0 Å². The first-order valence-corrected chi connectivity index (χ1v) is 7.75. The molecule has 0 saturated heterocycles. The van der Waals surface area contributed by atoms with Crippen LogP contribution in [0.1, 0.15) is 12.8 Å². The van der Waals surface area contributed by atoms with Crippen LogP contribution in [-0.2, 0) is 20.9 Å². The maximum Gasteiger partial charge on any atom is 0.305 e. The van der Waals surface area contributed by atoms with E-state index in [1.54, 1.807) is 0 Å². The minimum atomic E-state index is -0.295. The van der Waals surface area contributed by atoms with Crippen LogP contribution in [-0.4, -0.2) is 45.7 Å². The summed E-state index contributed by atoms with van der Waals surface area (Å²) in [5.74, 6) is -0.0815. The SMILES string of the molecule is COC(=O)CCCNC(=O)Cn1nnc(-c2ccc(Br)cc2)n1. The fraction of sp³-hybridized carbons (Fsp3) is 0.357. The molecule has 2 rings (SSSR count). The lowest BCUT2D eigenvalue weighted by molar-refractivity contribution is -0.140. The number of tetrazole rings is 1. The molecule has 8 nitrogen and oxygen atoms in total. The molecular formula is C14H16BrN5O3. The predicted molar refractivity (Wildman–Crippen MR) is 85.2 cm³/mol. The van der Waals surface area contributed by atoms with Crippen molar-refractivity contribution in [2.45, 2.75) is 19.4 Å². The van der Waals surface area contributed by atoms with E-state index < -0.39 is 0 Å². The quantitative estimate of drug-likeness (QED) is 0.570. The van der Waals surface area contributed by atoms with E-state index in [4.69, 9.17) is 0 Å². The molecule has 1 aromatic heterocycles. The number of hydrogen-bond acceptors (Lipinski definition) is 6. The topological polar surface area (TPSA) is 99.0 Å². The van der Waals surface area contributed by atoms with Gasteiger partial charge in [-0.1, -0.05) is 15.9 Å². The van der Waals surface area contributed by atoms with Crippen molar-refractivity contribution in [1.82, 2.24) is 25.5 Å².